The van der Waals surface area contributed by atoms with Gasteiger partial charge < -0.3 is 10.2 Å². The SMILES string of the molecule is CCc1cc(C=C2CCCC(=Cc3cc(CC)c(O)c(CC)c3)C2=O)cc(CC)c1O. The second-order valence-electron chi connectivity index (χ2n) is 8.31. The van der Waals surface area contributed by atoms with E-state index in [2.05, 4.69) is 0 Å². The largest absolute Gasteiger partial charge is 0.507 e. The minimum atomic E-state index is 0.111. The predicted octanol–water partition coefficient (Wildman–Crippen LogP) is 6.57. The maximum absolute atomic E-state index is 13.3. The molecule has 1 saturated carbocycles. The first kappa shape index (κ1) is 22.9. The Hall–Kier alpha value is -2.81. The Kier molecular flexibility index (Phi) is 7.37. The zero-order valence-electron chi connectivity index (χ0n) is 19.2. The Labute approximate surface area is 186 Å². The van der Waals surface area contributed by atoms with Crippen molar-refractivity contribution in [3.63, 3.8) is 0 Å². The van der Waals surface area contributed by atoms with E-state index in [4.69, 9.17) is 0 Å². The topological polar surface area (TPSA) is 57.5 Å². The van der Waals surface area contributed by atoms with E-state index >= 15 is 0 Å². The standard InChI is InChI=1S/C28H34O3/c1-5-20-12-18(13-21(6-2)26(20)29)16-24-10-9-11-25(28(24)31)17-19-14-22(7-3)27(30)23(8-4)15-19/h12-17,29-30H,5-11H2,1-4H3. The molecular formula is C28H34O3. The lowest BCUT2D eigenvalue weighted by molar-refractivity contribution is -0.112. The number of carbonyl (C=O) groups is 1. The van der Waals surface area contributed by atoms with Crippen LogP contribution in [0.4, 0.5) is 0 Å². The van der Waals surface area contributed by atoms with Crippen LogP contribution in [-0.2, 0) is 30.5 Å². The molecule has 2 N–H and O–H groups in total. The number of phenolic OH excluding ortho intramolecular Hbond substituents is 2. The first-order valence-corrected chi connectivity index (χ1v) is 11.6. The van der Waals surface area contributed by atoms with Gasteiger partial charge in [0.05, 0.1) is 0 Å². The molecule has 1 aliphatic rings. The Morgan fingerprint density at radius 2 is 1.00 bits per heavy atom. The summed E-state index contributed by atoms with van der Waals surface area (Å²) in [6, 6.07) is 7.98. The molecule has 2 aromatic carbocycles. The van der Waals surface area contributed by atoms with Crippen molar-refractivity contribution in [3.05, 3.63) is 68.8 Å². The molecule has 0 aliphatic heterocycles. The van der Waals surface area contributed by atoms with Gasteiger partial charge in [-0.15, -0.1) is 0 Å². The summed E-state index contributed by atoms with van der Waals surface area (Å²) >= 11 is 0. The van der Waals surface area contributed by atoms with Gasteiger partial charge in [-0.3, -0.25) is 4.79 Å². The highest BCUT2D eigenvalue weighted by molar-refractivity contribution is 6.14. The number of aromatic hydroxyl groups is 2. The molecule has 0 bridgehead atoms. The van der Waals surface area contributed by atoms with Gasteiger partial charge in [-0.2, -0.15) is 0 Å². The lowest BCUT2D eigenvalue weighted by Gasteiger charge is -2.18. The quantitative estimate of drug-likeness (QED) is 0.522. The third-order valence-corrected chi connectivity index (χ3v) is 6.26. The molecule has 1 aliphatic carbocycles. The maximum atomic E-state index is 13.3. The van der Waals surface area contributed by atoms with E-state index < -0.39 is 0 Å². The second-order valence-corrected chi connectivity index (χ2v) is 8.31. The molecule has 31 heavy (non-hydrogen) atoms. The van der Waals surface area contributed by atoms with Crippen LogP contribution >= 0.6 is 0 Å². The molecule has 0 unspecified atom stereocenters. The van der Waals surface area contributed by atoms with Crippen LogP contribution in [0.25, 0.3) is 12.2 Å². The third kappa shape index (κ3) is 4.92. The summed E-state index contributed by atoms with van der Waals surface area (Å²) < 4.78 is 0. The summed E-state index contributed by atoms with van der Waals surface area (Å²) in [4.78, 5) is 13.3. The Morgan fingerprint density at radius 3 is 1.29 bits per heavy atom. The molecule has 3 nitrogen and oxygen atoms in total. The van der Waals surface area contributed by atoms with Crippen LogP contribution < -0.4 is 0 Å². The zero-order chi connectivity index (χ0) is 22.5. The first-order valence-electron chi connectivity index (χ1n) is 11.6. The number of rotatable bonds is 6. The lowest BCUT2D eigenvalue weighted by atomic mass is 9.86. The van der Waals surface area contributed by atoms with Crippen molar-refractivity contribution in [1.29, 1.82) is 0 Å². The van der Waals surface area contributed by atoms with E-state index in [9.17, 15) is 15.0 Å². The van der Waals surface area contributed by atoms with Gasteiger partial charge in [-0.1, -0.05) is 27.7 Å². The van der Waals surface area contributed by atoms with E-state index in [1.165, 1.54) is 0 Å². The van der Waals surface area contributed by atoms with Crippen molar-refractivity contribution in [2.45, 2.75) is 72.6 Å². The van der Waals surface area contributed by atoms with Crippen molar-refractivity contribution in [2.24, 2.45) is 0 Å². The van der Waals surface area contributed by atoms with Gasteiger partial charge in [0, 0.05) is 11.1 Å². The molecule has 3 heteroatoms. The van der Waals surface area contributed by atoms with Crippen LogP contribution in [0.15, 0.2) is 35.4 Å². The monoisotopic (exact) mass is 418 g/mol. The highest BCUT2D eigenvalue weighted by atomic mass is 16.3. The van der Waals surface area contributed by atoms with Crippen LogP contribution in [0.1, 0.15) is 80.3 Å². The number of carbonyl (C=O) groups excluding carboxylic acids is 1. The highest BCUT2D eigenvalue weighted by Gasteiger charge is 2.21. The van der Waals surface area contributed by atoms with Crippen molar-refractivity contribution in [3.8, 4) is 11.5 Å². The van der Waals surface area contributed by atoms with Gasteiger partial charge in [0.15, 0.2) is 5.78 Å². The molecule has 1 fully saturated rings. The summed E-state index contributed by atoms with van der Waals surface area (Å²) in [5.41, 5.74) is 7.34. The number of phenols is 2. The molecule has 3 rings (SSSR count). The number of allylic oxidation sites excluding steroid dienone is 2. The number of benzene rings is 2. The summed E-state index contributed by atoms with van der Waals surface area (Å²) in [7, 11) is 0. The van der Waals surface area contributed by atoms with Crippen molar-refractivity contribution >= 4 is 17.9 Å². The molecule has 0 atom stereocenters. The molecule has 0 saturated heterocycles. The third-order valence-electron chi connectivity index (χ3n) is 6.26. The van der Waals surface area contributed by atoms with E-state index in [1.54, 1.807) is 0 Å². The molecule has 0 spiro atoms. The normalized spacial score (nSPS) is 17.0. The van der Waals surface area contributed by atoms with Crippen LogP contribution in [0, 0.1) is 0 Å². The Morgan fingerprint density at radius 1 is 0.677 bits per heavy atom. The van der Waals surface area contributed by atoms with Crippen LogP contribution in [0.5, 0.6) is 11.5 Å². The highest BCUT2D eigenvalue weighted by Crippen LogP contribution is 2.32. The summed E-state index contributed by atoms with van der Waals surface area (Å²) in [5, 5.41) is 20.7. The fraction of sp³-hybridized carbons (Fsp3) is 0.393. The van der Waals surface area contributed by atoms with Crippen LogP contribution in [0.2, 0.25) is 0 Å². The van der Waals surface area contributed by atoms with Crippen molar-refractivity contribution in [2.75, 3.05) is 0 Å². The van der Waals surface area contributed by atoms with Gasteiger partial charge in [-0.05, 0) is 115 Å². The van der Waals surface area contributed by atoms with Gasteiger partial charge in [-0.25, -0.2) is 0 Å². The number of hydrogen-bond donors (Lipinski definition) is 2. The summed E-state index contributed by atoms with van der Waals surface area (Å²) in [5.74, 6) is 0.876. The Bertz CT molecular complexity index is 909. The molecule has 0 radical (unpaired) electrons. The van der Waals surface area contributed by atoms with E-state index in [0.29, 0.717) is 11.5 Å². The fourth-order valence-electron chi connectivity index (χ4n) is 4.40. The van der Waals surface area contributed by atoms with Crippen LogP contribution in [-0.4, -0.2) is 16.0 Å². The molecule has 0 heterocycles. The number of hydrogen-bond acceptors (Lipinski definition) is 3. The van der Waals surface area contributed by atoms with Gasteiger partial charge >= 0.3 is 0 Å². The average Bonchev–Trinajstić information content (AvgIpc) is 2.78. The maximum Gasteiger partial charge on any atom is 0.185 e. The summed E-state index contributed by atoms with van der Waals surface area (Å²) in [6.07, 6.45) is 9.53. The number of aryl methyl sites for hydroxylation is 4. The smallest absolute Gasteiger partial charge is 0.185 e. The second kappa shape index (κ2) is 10.00. The minimum absolute atomic E-state index is 0.111. The first-order chi connectivity index (χ1) is 14.9. The number of Topliss-reactive ketones (excluding diaryl/α,β-unsaturated/α-hetero) is 1. The fourth-order valence-corrected chi connectivity index (χ4v) is 4.40. The van der Waals surface area contributed by atoms with Gasteiger partial charge in [0.2, 0.25) is 0 Å². The number of ketones is 1. The zero-order valence-corrected chi connectivity index (χ0v) is 19.2. The molecule has 164 valence electrons. The van der Waals surface area contributed by atoms with Gasteiger partial charge in [0.25, 0.3) is 0 Å². The van der Waals surface area contributed by atoms with Crippen LogP contribution in [0.3, 0.4) is 0 Å². The molecular weight excluding hydrogens is 384 g/mol. The minimum Gasteiger partial charge on any atom is -0.507 e. The van der Waals surface area contributed by atoms with Crippen molar-refractivity contribution in [1.82, 2.24) is 0 Å². The van der Waals surface area contributed by atoms with Crippen molar-refractivity contribution < 1.29 is 15.0 Å². The molecule has 0 aromatic heterocycles. The van der Waals surface area contributed by atoms with E-state index in [0.717, 1.165) is 89.5 Å². The van der Waals surface area contributed by atoms with Gasteiger partial charge in [0.1, 0.15) is 11.5 Å². The molecule has 2 aromatic rings. The van der Waals surface area contributed by atoms with E-state index in [1.807, 2.05) is 64.1 Å². The predicted molar refractivity (Wildman–Crippen MR) is 129 cm³/mol. The summed E-state index contributed by atoms with van der Waals surface area (Å²) in [6.45, 7) is 8.13. The Balaban J connectivity index is 1.97. The lowest BCUT2D eigenvalue weighted by Crippen LogP contribution is -2.12. The van der Waals surface area contributed by atoms with E-state index in [-0.39, 0.29) is 5.78 Å². The molecule has 0 amide bonds. The average molecular weight is 419 g/mol.